The van der Waals surface area contributed by atoms with Crippen molar-refractivity contribution in [1.82, 2.24) is 15.5 Å². The van der Waals surface area contributed by atoms with Crippen LogP contribution in [-0.4, -0.2) is 49.8 Å². The minimum absolute atomic E-state index is 0.300. The van der Waals surface area contributed by atoms with Crippen molar-refractivity contribution in [1.29, 1.82) is 0 Å². The van der Waals surface area contributed by atoms with Crippen LogP contribution in [0.5, 0.6) is 5.75 Å². The predicted molar refractivity (Wildman–Crippen MR) is 126 cm³/mol. The average molecular weight is 425 g/mol. The summed E-state index contributed by atoms with van der Waals surface area (Å²) >= 11 is 0. The molecule has 0 amide bonds. The Labute approximate surface area is 186 Å². The van der Waals surface area contributed by atoms with Gasteiger partial charge in [0.25, 0.3) is 0 Å². The van der Waals surface area contributed by atoms with E-state index in [4.69, 9.17) is 14.5 Å². The second kappa shape index (κ2) is 11.7. The Morgan fingerprint density at radius 2 is 1.58 bits per heavy atom. The number of guanidine groups is 1. The van der Waals surface area contributed by atoms with Gasteiger partial charge >= 0.3 is 0 Å². The smallest absolute Gasteiger partial charge is 0.191 e. The lowest BCUT2D eigenvalue weighted by atomic mass is 10.1. The predicted octanol–water partition coefficient (Wildman–Crippen LogP) is 3.56. The Morgan fingerprint density at radius 1 is 0.968 bits per heavy atom. The maximum Gasteiger partial charge on any atom is 0.191 e. The number of nitrogens with one attached hydrogen (secondary N) is 2. The molecule has 1 aliphatic heterocycles. The van der Waals surface area contributed by atoms with Crippen LogP contribution in [0.15, 0.2) is 53.5 Å². The number of benzene rings is 2. The van der Waals surface area contributed by atoms with Gasteiger partial charge in [-0.05, 0) is 49.6 Å². The van der Waals surface area contributed by atoms with Gasteiger partial charge in [-0.3, -0.25) is 4.90 Å². The zero-order chi connectivity index (χ0) is 22.1. The first kappa shape index (κ1) is 23.1. The molecule has 0 bridgehead atoms. The van der Waals surface area contributed by atoms with Gasteiger partial charge in [-0.15, -0.1) is 0 Å². The van der Waals surface area contributed by atoms with Crippen molar-refractivity contribution in [2.75, 3.05) is 26.7 Å². The molecule has 1 fully saturated rings. The largest absolute Gasteiger partial charge is 0.497 e. The highest BCUT2D eigenvalue weighted by molar-refractivity contribution is 5.79. The number of hydrogen-bond acceptors (Lipinski definition) is 4. The molecule has 0 spiro atoms. The number of ether oxygens (including phenoxy) is 2. The highest BCUT2D eigenvalue weighted by atomic mass is 16.5. The molecule has 0 aliphatic carbocycles. The van der Waals surface area contributed by atoms with Gasteiger partial charge < -0.3 is 20.1 Å². The van der Waals surface area contributed by atoms with E-state index in [1.54, 1.807) is 7.11 Å². The van der Waals surface area contributed by atoms with Crippen LogP contribution in [0.3, 0.4) is 0 Å². The third kappa shape index (κ3) is 7.56. The first-order chi connectivity index (χ1) is 15.1. The Hall–Kier alpha value is -2.57. The molecule has 0 saturated carbocycles. The Balaban J connectivity index is 1.51. The molecule has 3 rings (SSSR count). The lowest BCUT2D eigenvalue weighted by Crippen LogP contribution is -2.44. The van der Waals surface area contributed by atoms with E-state index >= 15 is 0 Å². The second-order valence-electron chi connectivity index (χ2n) is 8.16. The Morgan fingerprint density at radius 3 is 2.19 bits per heavy atom. The van der Waals surface area contributed by atoms with E-state index < -0.39 is 0 Å². The highest BCUT2D eigenvalue weighted by Crippen LogP contribution is 2.15. The molecule has 168 valence electrons. The SMILES string of the molecule is CCNC(=NCc1ccc(OC)cc1)NCc1ccc(CN2CC(C)OC(C)C2)cc1. The highest BCUT2D eigenvalue weighted by Gasteiger charge is 2.21. The minimum Gasteiger partial charge on any atom is -0.497 e. The molecule has 6 heteroatoms. The summed E-state index contributed by atoms with van der Waals surface area (Å²) in [6.45, 7) is 11.5. The molecule has 0 aromatic heterocycles. The first-order valence-electron chi connectivity index (χ1n) is 11.2. The van der Waals surface area contributed by atoms with Crippen LogP contribution in [0.4, 0.5) is 0 Å². The standard InChI is InChI=1S/C25H36N4O2/c1-5-26-25(28-15-22-10-12-24(30-4)13-11-22)27-14-21-6-8-23(9-7-21)18-29-16-19(2)31-20(3)17-29/h6-13,19-20H,5,14-18H2,1-4H3,(H2,26,27,28). The summed E-state index contributed by atoms with van der Waals surface area (Å²) in [5, 5.41) is 6.74. The molecule has 2 aromatic rings. The molecule has 1 heterocycles. The maximum absolute atomic E-state index is 5.83. The Bertz CT molecular complexity index is 810. The summed E-state index contributed by atoms with van der Waals surface area (Å²) in [7, 11) is 1.68. The number of aliphatic imine (C=N–C) groups is 1. The van der Waals surface area contributed by atoms with Crippen molar-refractivity contribution in [3.63, 3.8) is 0 Å². The van der Waals surface area contributed by atoms with Crippen molar-refractivity contribution in [3.05, 3.63) is 65.2 Å². The zero-order valence-electron chi connectivity index (χ0n) is 19.2. The summed E-state index contributed by atoms with van der Waals surface area (Å²) in [4.78, 5) is 7.17. The lowest BCUT2D eigenvalue weighted by molar-refractivity contribution is -0.0704. The van der Waals surface area contributed by atoms with Gasteiger partial charge in [0, 0.05) is 32.7 Å². The fraction of sp³-hybridized carbons (Fsp3) is 0.480. The fourth-order valence-electron chi connectivity index (χ4n) is 3.86. The van der Waals surface area contributed by atoms with E-state index in [0.29, 0.717) is 18.8 Å². The van der Waals surface area contributed by atoms with E-state index in [2.05, 4.69) is 60.6 Å². The van der Waals surface area contributed by atoms with E-state index in [-0.39, 0.29) is 0 Å². The first-order valence-corrected chi connectivity index (χ1v) is 11.2. The van der Waals surface area contributed by atoms with Gasteiger partial charge in [-0.25, -0.2) is 4.99 Å². The molecule has 0 radical (unpaired) electrons. The van der Waals surface area contributed by atoms with Crippen LogP contribution < -0.4 is 15.4 Å². The number of methoxy groups -OCH3 is 1. The second-order valence-corrected chi connectivity index (χ2v) is 8.16. The topological polar surface area (TPSA) is 58.1 Å². The Kier molecular flexibility index (Phi) is 8.74. The number of rotatable bonds is 8. The van der Waals surface area contributed by atoms with E-state index in [1.165, 1.54) is 11.1 Å². The van der Waals surface area contributed by atoms with E-state index in [9.17, 15) is 0 Å². The summed E-state index contributed by atoms with van der Waals surface area (Å²) in [6.07, 6.45) is 0.600. The monoisotopic (exact) mass is 424 g/mol. The van der Waals surface area contributed by atoms with Gasteiger partial charge in [0.15, 0.2) is 5.96 Å². The van der Waals surface area contributed by atoms with Crippen LogP contribution in [0.25, 0.3) is 0 Å². The van der Waals surface area contributed by atoms with Crippen LogP contribution in [0.1, 0.15) is 37.5 Å². The van der Waals surface area contributed by atoms with Gasteiger partial charge in [0.2, 0.25) is 0 Å². The van der Waals surface area contributed by atoms with Crippen molar-refractivity contribution in [2.45, 2.75) is 52.6 Å². The van der Waals surface area contributed by atoms with Crippen molar-refractivity contribution >= 4 is 5.96 Å². The summed E-state index contributed by atoms with van der Waals surface area (Å²) in [6, 6.07) is 16.9. The maximum atomic E-state index is 5.83. The molecule has 2 unspecified atom stereocenters. The number of hydrogen-bond donors (Lipinski definition) is 2. The summed E-state index contributed by atoms with van der Waals surface area (Å²) in [5.74, 6) is 1.68. The quantitative estimate of drug-likeness (QED) is 0.501. The molecule has 6 nitrogen and oxygen atoms in total. The van der Waals surface area contributed by atoms with Crippen molar-refractivity contribution < 1.29 is 9.47 Å². The van der Waals surface area contributed by atoms with Gasteiger partial charge in [0.1, 0.15) is 5.75 Å². The fourth-order valence-corrected chi connectivity index (χ4v) is 3.86. The van der Waals surface area contributed by atoms with Crippen LogP contribution in [0.2, 0.25) is 0 Å². The van der Waals surface area contributed by atoms with E-state index in [0.717, 1.165) is 50.0 Å². The molecular formula is C25H36N4O2. The van der Waals surface area contributed by atoms with Gasteiger partial charge in [-0.2, -0.15) is 0 Å². The molecule has 2 N–H and O–H groups in total. The number of nitrogens with zero attached hydrogens (tertiary/aromatic N) is 2. The van der Waals surface area contributed by atoms with Crippen LogP contribution in [-0.2, 0) is 24.4 Å². The third-order valence-corrected chi connectivity index (χ3v) is 5.31. The molecular weight excluding hydrogens is 388 g/mol. The molecule has 1 saturated heterocycles. The van der Waals surface area contributed by atoms with Gasteiger partial charge in [0.05, 0.1) is 25.9 Å². The average Bonchev–Trinajstić information content (AvgIpc) is 2.76. The van der Waals surface area contributed by atoms with Crippen LogP contribution in [0, 0.1) is 0 Å². The zero-order valence-corrected chi connectivity index (χ0v) is 19.2. The normalized spacial score (nSPS) is 19.8. The third-order valence-electron chi connectivity index (χ3n) is 5.31. The van der Waals surface area contributed by atoms with E-state index in [1.807, 2.05) is 24.3 Å². The van der Waals surface area contributed by atoms with Crippen molar-refractivity contribution in [2.24, 2.45) is 4.99 Å². The molecule has 2 aromatic carbocycles. The minimum atomic E-state index is 0.300. The summed E-state index contributed by atoms with van der Waals surface area (Å²) in [5.41, 5.74) is 3.72. The lowest BCUT2D eigenvalue weighted by Gasteiger charge is -2.35. The van der Waals surface area contributed by atoms with Gasteiger partial charge in [-0.1, -0.05) is 36.4 Å². The number of morpholine rings is 1. The van der Waals surface area contributed by atoms with Crippen LogP contribution >= 0.6 is 0 Å². The van der Waals surface area contributed by atoms with Crippen molar-refractivity contribution in [3.8, 4) is 5.75 Å². The molecule has 31 heavy (non-hydrogen) atoms. The molecule has 1 aliphatic rings. The summed E-state index contributed by atoms with van der Waals surface area (Å²) < 4.78 is 11.0. The molecule has 2 atom stereocenters.